The Kier molecular flexibility index (Phi) is 8.01. The van der Waals surface area contributed by atoms with E-state index in [-0.39, 0.29) is 23.8 Å². The van der Waals surface area contributed by atoms with Crippen molar-refractivity contribution in [1.29, 1.82) is 0 Å². The first kappa shape index (κ1) is 27.7. The zero-order valence-corrected chi connectivity index (χ0v) is 23.7. The van der Waals surface area contributed by atoms with E-state index in [1.807, 2.05) is 47.3 Å². The zero-order valence-electron chi connectivity index (χ0n) is 23.7. The minimum absolute atomic E-state index is 0.0258. The van der Waals surface area contributed by atoms with Gasteiger partial charge < -0.3 is 20.7 Å². The van der Waals surface area contributed by atoms with E-state index in [9.17, 15) is 9.59 Å². The fourth-order valence-corrected chi connectivity index (χ4v) is 5.84. The fraction of sp³-hybridized carbons (Fsp3) is 0.333. The number of hydrogen-bond donors (Lipinski definition) is 2. The van der Waals surface area contributed by atoms with E-state index in [1.165, 1.54) is 0 Å². The quantitative estimate of drug-likeness (QED) is 0.301. The number of methoxy groups -OCH3 is 1. The van der Waals surface area contributed by atoms with Crippen molar-refractivity contribution in [3.8, 4) is 5.75 Å². The van der Waals surface area contributed by atoms with Crippen LogP contribution in [-0.2, 0) is 11.3 Å². The molecular formula is C33H36N6O3. The topological polar surface area (TPSA) is 115 Å². The van der Waals surface area contributed by atoms with Crippen LogP contribution in [0.5, 0.6) is 5.75 Å². The summed E-state index contributed by atoms with van der Waals surface area (Å²) in [7, 11) is 1.56. The van der Waals surface area contributed by atoms with E-state index in [4.69, 9.17) is 10.5 Å². The third kappa shape index (κ3) is 5.78. The van der Waals surface area contributed by atoms with Gasteiger partial charge in [0.1, 0.15) is 11.8 Å². The van der Waals surface area contributed by atoms with Crippen LogP contribution in [0.2, 0.25) is 0 Å². The van der Waals surface area contributed by atoms with Crippen molar-refractivity contribution in [3.05, 3.63) is 113 Å². The Morgan fingerprint density at radius 1 is 1.02 bits per heavy atom. The monoisotopic (exact) mass is 564 g/mol. The van der Waals surface area contributed by atoms with Crippen LogP contribution in [-0.4, -0.2) is 57.9 Å². The van der Waals surface area contributed by atoms with Crippen molar-refractivity contribution in [1.82, 2.24) is 25.2 Å². The number of nitrogens with one attached hydrogen (secondary N) is 1. The van der Waals surface area contributed by atoms with Gasteiger partial charge in [-0.2, -0.15) is 0 Å². The molecule has 0 radical (unpaired) electrons. The van der Waals surface area contributed by atoms with Gasteiger partial charge in [-0.1, -0.05) is 71.9 Å². The Labute approximate surface area is 245 Å². The molecule has 4 aromatic rings. The summed E-state index contributed by atoms with van der Waals surface area (Å²) < 4.78 is 7.31. The number of hydrogen-bond acceptors (Lipinski definition) is 6. The summed E-state index contributed by atoms with van der Waals surface area (Å²) in [6.07, 6.45) is 4.68. The second-order valence-corrected chi connectivity index (χ2v) is 11.1. The number of likely N-dealkylation sites (tertiary alicyclic amines) is 1. The molecule has 42 heavy (non-hydrogen) atoms. The number of benzene rings is 3. The van der Waals surface area contributed by atoms with Gasteiger partial charge in [0.2, 0.25) is 5.91 Å². The molecule has 0 bridgehead atoms. The summed E-state index contributed by atoms with van der Waals surface area (Å²) in [5.74, 6) is 0.583. The van der Waals surface area contributed by atoms with Crippen LogP contribution < -0.4 is 15.8 Å². The lowest BCUT2D eigenvalue weighted by Crippen LogP contribution is -2.46. The van der Waals surface area contributed by atoms with Gasteiger partial charge in [-0.3, -0.25) is 9.59 Å². The van der Waals surface area contributed by atoms with Gasteiger partial charge in [-0.05, 0) is 36.1 Å². The number of aromatic nitrogens is 3. The Morgan fingerprint density at radius 2 is 1.71 bits per heavy atom. The summed E-state index contributed by atoms with van der Waals surface area (Å²) in [4.78, 5) is 29.5. The average molecular weight is 565 g/mol. The molecule has 9 heteroatoms. The Morgan fingerprint density at radius 3 is 2.33 bits per heavy atom. The van der Waals surface area contributed by atoms with Gasteiger partial charge >= 0.3 is 0 Å². The van der Waals surface area contributed by atoms with Crippen LogP contribution >= 0.6 is 0 Å². The normalized spacial score (nSPS) is 18.3. The van der Waals surface area contributed by atoms with Crippen molar-refractivity contribution in [2.75, 3.05) is 20.2 Å². The second kappa shape index (κ2) is 12.2. The molecule has 2 amide bonds. The van der Waals surface area contributed by atoms with Crippen LogP contribution in [0.4, 0.5) is 0 Å². The molecule has 3 aromatic carbocycles. The maximum atomic E-state index is 13.9. The van der Waals surface area contributed by atoms with Gasteiger partial charge in [-0.25, -0.2) is 4.68 Å². The second-order valence-electron chi connectivity index (χ2n) is 11.1. The molecule has 3 N–H and O–H groups in total. The molecule has 2 heterocycles. The van der Waals surface area contributed by atoms with E-state index in [2.05, 4.69) is 39.9 Å². The summed E-state index contributed by atoms with van der Waals surface area (Å²) in [6, 6.07) is 24.7. The van der Waals surface area contributed by atoms with Crippen molar-refractivity contribution < 1.29 is 14.3 Å². The largest absolute Gasteiger partial charge is 0.496 e. The van der Waals surface area contributed by atoms with Crippen LogP contribution in [0.25, 0.3) is 0 Å². The lowest BCUT2D eigenvalue weighted by Gasteiger charge is -2.26. The van der Waals surface area contributed by atoms with E-state index < -0.39 is 6.04 Å². The molecule has 6 rings (SSSR count). The summed E-state index contributed by atoms with van der Waals surface area (Å²) in [5, 5.41) is 11.9. The van der Waals surface area contributed by atoms with Crippen molar-refractivity contribution in [3.63, 3.8) is 0 Å². The first-order valence-electron chi connectivity index (χ1n) is 14.5. The summed E-state index contributed by atoms with van der Waals surface area (Å²) in [6.45, 7) is 1.06. The van der Waals surface area contributed by atoms with E-state index >= 15 is 0 Å². The first-order chi connectivity index (χ1) is 20.6. The summed E-state index contributed by atoms with van der Waals surface area (Å²) in [5.41, 5.74) is 10.3. The number of amides is 2. The van der Waals surface area contributed by atoms with Gasteiger partial charge in [0.25, 0.3) is 5.91 Å². The van der Waals surface area contributed by atoms with Crippen LogP contribution in [0.1, 0.15) is 69.9 Å². The molecule has 2 atom stereocenters. The maximum Gasteiger partial charge on any atom is 0.254 e. The number of ether oxygens (including phenoxy) is 1. The third-order valence-corrected chi connectivity index (χ3v) is 8.38. The molecule has 9 nitrogen and oxygen atoms in total. The number of carbonyl (C=O) groups excluding carboxylic acids is 2. The standard InChI is InChI=1S/C33H36N6O3/c1-42-31-16-25(14-15-26(31)18-34)33(41)38-20-27(39-21-29(36-37-39)24-12-13-24)17-30(38)32(40)35-19-28(22-8-4-2-5-9-22)23-10-6-3-7-11-23/h2-11,14-16,21,24,27-28,30H,12-13,17-20,34H2,1H3,(H,35,40)/t27-,30-/m0/s1. The number of nitrogens with zero attached hydrogens (tertiary/aromatic N) is 4. The van der Waals surface area contributed by atoms with Gasteiger partial charge in [0.15, 0.2) is 0 Å². The predicted molar refractivity (Wildman–Crippen MR) is 159 cm³/mol. The molecule has 2 fully saturated rings. The SMILES string of the molecule is COc1cc(C(=O)N2C[C@@H](n3cc(C4CC4)nn3)C[C@H]2C(=O)NCC(c2ccccc2)c2ccccc2)ccc1CN. The highest BCUT2D eigenvalue weighted by Gasteiger charge is 2.42. The van der Waals surface area contributed by atoms with Crippen molar-refractivity contribution >= 4 is 11.8 Å². The zero-order chi connectivity index (χ0) is 29.1. The molecule has 2 aliphatic rings. The lowest BCUT2D eigenvalue weighted by molar-refractivity contribution is -0.124. The molecule has 0 unspecified atom stereocenters. The third-order valence-electron chi connectivity index (χ3n) is 8.38. The first-order valence-corrected chi connectivity index (χ1v) is 14.5. The molecule has 0 spiro atoms. The highest BCUT2D eigenvalue weighted by atomic mass is 16.5. The van der Waals surface area contributed by atoms with Crippen LogP contribution in [0, 0.1) is 0 Å². The van der Waals surface area contributed by atoms with Gasteiger partial charge in [-0.15, -0.1) is 5.10 Å². The van der Waals surface area contributed by atoms with Gasteiger partial charge in [0, 0.05) is 55.2 Å². The van der Waals surface area contributed by atoms with Crippen LogP contribution in [0.3, 0.4) is 0 Å². The Balaban J connectivity index is 1.25. The lowest BCUT2D eigenvalue weighted by atomic mass is 9.91. The smallest absolute Gasteiger partial charge is 0.254 e. The number of carbonyl (C=O) groups is 2. The molecule has 1 aliphatic carbocycles. The van der Waals surface area contributed by atoms with E-state index in [0.717, 1.165) is 35.2 Å². The Bertz CT molecular complexity index is 1500. The molecule has 1 aliphatic heterocycles. The Hall–Kier alpha value is -4.50. The molecule has 216 valence electrons. The molecule has 1 saturated heterocycles. The van der Waals surface area contributed by atoms with Gasteiger partial charge in [0.05, 0.1) is 18.8 Å². The molecular weight excluding hydrogens is 528 g/mol. The number of rotatable bonds is 10. The average Bonchev–Trinajstić information content (AvgIpc) is 3.60. The summed E-state index contributed by atoms with van der Waals surface area (Å²) >= 11 is 0. The molecule has 1 saturated carbocycles. The molecule has 1 aromatic heterocycles. The fourth-order valence-electron chi connectivity index (χ4n) is 5.84. The van der Waals surface area contributed by atoms with Crippen LogP contribution in [0.15, 0.2) is 85.1 Å². The van der Waals surface area contributed by atoms with Crippen molar-refractivity contribution in [2.45, 2.75) is 49.7 Å². The van der Waals surface area contributed by atoms with E-state index in [0.29, 0.717) is 43.3 Å². The minimum Gasteiger partial charge on any atom is -0.496 e. The maximum absolute atomic E-state index is 13.9. The highest BCUT2D eigenvalue weighted by Crippen LogP contribution is 2.39. The van der Waals surface area contributed by atoms with E-state index in [1.54, 1.807) is 30.2 Å². The highest BCUT2D eigenvalue weighted by molar-refractivity contribution is 5.98. The predicted octanol–water partition coefficient (Wildman–Crippen LogP) is 4.03. The van der Waals surface area contributed by atoms with Crippen molar-refractivity contribution in [2.24, 2.45) is 5.73 Å². The minimum atomic E-state index is -0.663. The number of nitrogens with two attached hydrogens (primary N) is 1.